The van der Waals surface area contributed by atoms with Gasteiger partial charge in [-0.15, -0.1) is 11.3 Å². The maximum atomic E-state index is 13.3. The van der Waals surface area contributed by atoms with Crippen LogP contribution in [0.3, 0.4) is 0 Å². The zero-order chi connectivity index (χ0) is 17.6. The van der Waals surface area contributed by atoms with Gasteiger partial charge in [-0.05, 0) is 38.0 Å². The van der Waals surface area contributed by atoms with E-state index in [0.717, 1.165) is 17.0 Å². The highest BCUT2D eigenvalue weighted by molar-refractivity contribution is 7.89. The molecule has 1 aliphatic carbocycles. The van der Waals surface area contributed by atoms with Crippen LogP contribution < -0.4 is 0 Å². The molecule has 1 atom stereocenters. The smallest absolute Gasteiger partial charge is 0.250 e. The largest absolute Gasteiger partial charge is 0.392 e. The Morgan fingerprint density at radius 1 is 1.42 bits per heavy atom. The van der Waals surface area contributed by atoms with Crippen molar-refractivity contribution in [1.82, 2.24) is 9.29 Å². The monoisotopic (exact) mass is 382 g/mol. The van der Waals surface area contributed by atoms with Gasteiger partial charge in [-0.1, -0.05) is 6.42 Å². The molecule has 4 nitrogen and oxygen atoms in total. The standard InChI is InChI=1S/C15H21F3N2O2S2/c1-11-12(23-10-19-11)4-8-24(21,22)20-7-3-13(15(16,17)18)14(9-20)5-2-6-14/h10,13H,2-9H2,1H3/t13-/m0/s1. The summed E-state index contributed by atoms with van der Waals surface area (Å²) in [5.41, 5.74) is 1.60. The molecule has 1 aromatic rings. The number of nitrogens with zero attached hydrogens (tertiary/aromatic N) is 2. The van der Waals surface area contributed by atoms with Crippen molar-refractivity contribution in [3.8, 4) is 0 Å². The van der Waals surface area contributed by atoms with Gasteiger partial charge in [0.15, 0.2) is 0 Å². The van der Waals surface area contributed by atoms with E-state index < -0.39 is 27.5 Å². The molecule has 2 heterocycles. The lowest BCUT2D eigenvalue weighted by molar-refractivity contribution is -0.233. The summed E-state index contributed by atoms with van der Waals surface area (Å²) < 4.78 is 66.4. The maximum Gasteiger partial charge on any atom is 0.392 e. The molecule has 1 aliphatic heterocycles. The molecule has 136 valence electrons. The summed E-state index contributed by atoms with van der Waals surface area (Å²) in [6.07, 6.45) is -2.31. The average Bonchev–Trinajstić information content (AvgIpc) is 2.87. The lowest BCUT2D eigenvalue weighted by Crippen LogP contribution is -2.58. The molecule has 9 heteroatoms. The first-order chi connectivity index (χ1) is 11.1. The molecular formula is C15H21F3N2O2S2. The number of thiazole rings is 1. The fourth-order valence-electron chi connectivity index (χ4n) is 3.92. The second-order valence-corrected chi connectivity index (χ2v) is 9.89. The van der Waals surface area contributed by atoms with Gasteiger partial charge < -0.3 is 0 Å². The molecule has 1 saturated heterocycles. The third kappa shape index (κ3) is 3.35. The number of piperidine rings is 1. The highest BCUT2D eigenvalue weighted by atomic mass is 32.2. The van der Waals surface area contributed by atoms with E-state index in [9.17, 15) is 21.6 Å². The molecule has 1 aromatic heterocycles. The number of rotatable bonds is 4. The summed E-state index contributed by atoms with van der Waals surface area (Å²) in [7, 11) is -3.55. The predicted octanol–water partition coefficient (Wildman–Crippen LogP) is 3.38. The van der Waals surface area contributed by atoms with Crippen LogP contribution in [-0.2, 0) is 16.4 Å². The van der Waals surface area contributed by atoms with Crippen molar-refractivity contribution >= 4 is 21.4 Å². The normalized spacial score (nSPS) is 24.9. The van der Waals surface area contributed by atoms with Crippen molar-refractivity contribution in [1.29, 1.82) is 0 Å². The third-order valence-electron chi connectivity index (χ3n) is 5.47. The molecule has 0 aromatic carbocycles. The summed E-state index contributed by atoms with van der Waals surface area (Å²) in [5.74, 6) is -1.43. The Morgan fingerprint density at radius 3 is 2.62 bits per heavy atom. The van der Waals surface area contributed by atoms with Gasteiger partial charge in [-0.25, -0.2) is 17.7 Å². The second-order valence-electron chi connectivity index (χ2n) is 6.86. The van der Waals surface area contributed by atoms with Crippen molar-refractivity contribution < 1.29 is 21.6 Å². The lowest BCUT2D eigenvalue weighted by atomic mass is 9.58. The Hall–Kier alpha value is -0.670. The van der Waals surface area contributed by atoms with Gasteiger partial charge in [0.1, 0.15) is 0 Å². The molecule has 0 amide bonds. The first-order valence-corrected chi connectivity index (χ1v) is 10.6. The minimum absolute atomic E-state index is 0.0151. The Morgan fingerprint density at radius 2 is 2.12 bits per heavy atom. The summed E-state index contributed by atoms with van der Waals surface area (Å²) >= 11 is 1.41. The van der Waals surface area contributed by atoms with Gasteiger partial charge in [-0.3, -0.25) is 0 Å². The van der Waals surface area contributed by atoms with Crippen LogP contribution in [0.25, 0.3) is 0 Å². The van der Waals surface area contributed by atoms with Gasteiger partial charge >= 0.3 is 6.18 Å². The van der Waals surface area contributed by atoms with E-state index >= 15 is 0 Å². The van der Waals surface area contributed by atoms with Crippen molar-refractivity contribution in [2.75, 3.05) is 18.8 Å². The van der Waals surface area contributed by atoms with Crippen molar-refractivity contribution in [2.45, 2.75) is 45.2 Å². The lowest BCUT2D eigenvalue weighted by Gasteiger charge is -2.53. The molecule has 24 heavy (non-hydrogen) atoms. The number of alkyl halides is 3. The van der Waals surface area contributed by atoms with Gasteiger partial charge in [0.05, 0.1) is 22.9 Å². The Labute approximate surface area is 144 Å². The van der Waals surface area contributed by atoms with E-state index in [2.05, 4.69) is 4.98 Å². The minimum atomic E-state index is -4.24. The topological polar surface area (TPSA) is 50.3 Å². The Kier molecular flexibility index (Phi) is 4.72. The Bertz CT molecular complexity index is 696. The second kappa shape index (κ2) is 6.25. The predicted molar refractivity (Wildman–Crippen MR) is 86.4 cm³/mol. The van der Waals surface area contributed by atoms with Crippen LogP contribution in [0.15, 0.2) is 5.51 Å². The molecule has 0 unspecified atom stereocenters. The zero-order valence-corrected chi connectivity index (χ0v) is 15.1. The SMILES string of the molecule is Cc1ncsc1CCS(=O)(=O)N1CC[C@H](C(F)(F)F)C2(CCC2)C1. The molecule has 2 aliphatic rings. The van der Waals surface area contributed by atoms with Crippen molar-refractivity contribution in [3.63, 3.8) is 0 Å². The van der Waals surface area contributed by atoms with Gasteiger partial charge in [0, 0.05) is 18.0 Å². The molecular weight excluding hydrogens is 361 g/mol. The molecule has 0 radical (unpaired) electrons. The average molecular weight is 382 g/mol. The van der Waals surface area contributed by atoms with Crippen LogP contribution in [0.1, 0.15) is 36.3 Å². The van der Waals surface area contributed by atoms with Gasteiger partial charge in [-0.2, -0.15) is 13.2 Å². The van der Waals surface area contributed by atoms with E-state index in [-0.39, 0.29) is 25.3 Å². The zero-order valence-electron chi connectivity index (χ0n) is 13.5. The summed E-state index contributed by atoms with van der Waals surface area (Å²) in [6.45, 7) is 1.81. The van der Waals surface area contributed by atoms with Crippen LogP contribution in [0, 0.1) is 18.3 Å². The maximum absolute atomic E-state index is 13.3. The first kappa shape index (κ1) is 18.1. The molecule has 0 bridgehead atoms. The Balaban J connectivity index is 1.70. The highest BCUT2D eigenvalue weighted by Gasteiger charge is 2.59. The third-order valence-corrected chi connectivity index (χ3v) is 8.28. The highest BCUT2D eigenvalue weighted by Crippen LogP contribution is 2.56. The van der Waals surface area contributed by atoms with Crippen LogP contribution in [0.5, 0.6) is 0 Å². The molecule has 3 rings (SSSR count). The molecule has 0 N–H and O–H groups in total. The van der Waals surface area contributed by atoms with Crippen LogP contribution in [-0.4, -0.2) is 42.7 Å². The van der Waals surface area contributed by atoms with Crippen LogP contribution in [0.2, 0.25) is 0 Å². The number of hydrogen-bond acceptors (Lipinski definition) is 4. The number of halogens is 3. The van der Waals surface area contributed by atoms with E-state index in [0.29, 0.717) is 19.3 Å². The number of aromatic nitrogens is 1. The van der Waals surface area contributed by atoms with Gasteiger partial charge in [0.2, 0.25) is 10.0 Å². The fraction of sp³-hybridized carbons (Fsp3) is 0.800. The summed E-state index contributed by atoms with van der Waals surface area (Å²) in [6, 6.07) is 0. The van der Waals surface area contributed by atoms with Gasteiger partial charge in [0.25, 0.3) is 0 Å². The van der Waals surface area contributed by atoms with E-state index in [1.54, 1.807) is 5.51 Å². The summed E-state index contributed by atoms with van der Waals surface area (Å²) in [4.78, 5) is 5.02. The number of aryl methyl sites for hydroxylation is 2. The first-order valence-electron chi connectivity index (χ1n) is 8.08. The van der Waals surface area contributed by atoms with Crippen molar-refractivity contribution in [3.05, 3.63) is 16.1 Å². The van der Waals surface area contributed by atoms with Crippen LogP contribution in [0.4, 0.5) is 13.2 Å². The quantitative estimate of drug-likeness (QED) is 0.802. The molecule has 2 fully saturated rings. The van der Waals surface area contributed by atoms with Crippen LogP contribution >= 0.6 is 11.3 Å². The summed E-state index contributed by atoms with van der Waals surface area (Å²) in [5, 5.41) is 0. The van der Waals surface area contributed by atoms with Crippen molar-refractivity contribution in [2.24, 2.45) is 11.3 Å². The molecule has 1 spiro atoms. The number of hydrogen-bond donors (Lipinski definition) is 0. The van der Waals surface area contributed by atoms with E-state index in [1.165, 1.54) is 15.6 Å². The van der Waals surface area contributed by atoms with E-state index in [1.807, 2.05) is 6.92 Å². The minimum Gasteiger partial charge on any atom is -0.250 e. The van der Waals surface area contributed by atoms with E-state index in [4.69, 9.17) is 0 Å². The fourth-order valence-corrected chi connectivity index (χ4v) is 6.39. The molecule has 1 saturated carbocycles. The number of sulfonamides is 1.